The van der Waals surface area contributed by atoms with Gasteiger partial charge in [0, 0.05) is 23.7 Å². The summed E-state index contributed by atoms with van der Waals surface area (Å²) in [5.74, 6) is 2.08. The van der Waals surface area contributed by atoms with Crippen LogP contribution in [0.3, 0.4) is 0 Å². The van der Waals surface area contributed by atoms with Crippen molar-refractivity contribution in [2.75, 3.05) is 0 Å². The smallest absolute Gasteiger partial charge is 0.269 e. The number of amides is 1. The Morgan fingerprint density at radius 1 is 1.29 bits per heavy atom. The van der Waals surface area contributed by atoms with Crippen molar-refractivity contribution in [3.05, 3.63) is 39.9 Å². The van der Waals surface area contributed by atoms with Crippen LogP contribution in [0.4, 0.5) is 5.69 Å². The van der Waals surface area contributed by atoms with Crippen molar-refractivity contribution in [3.8, 4) is 0 Å². The van der Waals surface area contributed by atoms with E-state index < -0.39 is 4.92 Å². The van der Waals surface area contributed by atoms with Gasteiger partial charge < -0.3 is 5.32 Å². The number of fused-ring (bicyclic) bond motifs is 2. The average Bonchev–Trinajstić information content (AvgIpc) is 3.10. The van der Waals surface area contributed by atoms with Crippen molar-refractivity contribution in [1.82, 2.24) is 5.32 Å². The number of rotatable bonds is 4. The summed E-state index contributed by atoms with van der Waals surface area (Å²) in [4.78, 5) is 22.4. The molecule has 2 aliphatic rings. The van der Waals surface area contributed by atoms with Crippen molar-refractivity contribution in [2.24, 2.45) is 17.8 Å². The Morgan fingerprint density at radius 3 is 2.52 bits per heavy atom. The Balaban J connectivity index is 1.61. The quantitative estimate of drug-likeness (QED) is 0.683. The number of carbonyl (C=O) groups is 1. The van der Waals surface area contributed by atoms with Crippen LogP contribution in [0.1, 0.15) is 43.0 Å². The molecule has 21 heavy (non-hydrogen) atoms. The lowest BCUT2D eigenvalue weighted by atomic mass is 9.84. The summed E-state index contributed by atoms with van der Waals surface area (Å²) in [6, 6.07) is 5.94. The van der Waals surface area contributed by atoms with Crippen molar-refractivity contribution >= 4 is 11.6 Å². The number of nitro benzene ring substituents is 1. The molecule has 0 radical (unpaired) electrons. The van der Waals surface area contributed by atoms with E-state index in [4.69, 9.17) is 0 Å². The van der Waals surface area contributed by atoms with Gasteiger partial charge in [-0.05, 0) is 56.1 Å². The number of benzene rings is 1. The Kier molecular flexibility index (Phi) is 3.66. The fourth-order valence-electron chi connectivity index (χ4n) is 4.04. The number of carbonyl (C=O) groups excluding carboxylic acids is 1. The zero-order valence-electron chi connectivity index (χ0n) is 12.1. The Hall–Kier alpha value is -1.91. The molecule has 2 fully saturated rings. The predicted molar refractivity (Wildman–Crippen MR) is 79.0 cm³/mol. The van der Waals surface area contributed by atoms with E-state index in [-0.39, 0.29) is 17.6 Å². The molecule has 0 spiro atoms. The van der Waals surface area contributed by atoms with Gasteiger partial charge in [0.15, 0.2) is 0 Å². The van der Waals surface area contributed by atoms with Gasteiger partial charge in [-0.2, -0.15) is 0 Å². The van der Waals surface area contributed by atoms with Gasteiger partial charge in [-0.3, -0.25) is 14.9 Å². The minimum atomic E-state index is -0.459. The molecule has 1 N–H and O–H groups in total. The predicted octanol–water partition coefficient (Wildman–Crippen LogP) is 3.15. The Morgan fingerprint density at radius 2 is 2.00 bits per heavy atom. The van der Waals surface area contributed by atoms with Crippen LogP contribution >= 0.6 is 0 Å². The monoisotopic (exact) mass is 288 g/mol. The van der Waals surface area contributed by atoms with E-state index in [9.17, 15) is 14.9 Å². The van der Waals surface area contributed by atoms with E-state index in [0.29, 0.717) is 11.5 Å². The van der Waals surface area contributed by atoms with E-state index >= 15 is 0 Å². The first kappa shape index (κ1) is 14.0. The van der Waals surface area contributed by atoms with Crippen molar-refractivity contribution in [1.29, 1.82) is 0 Å². The molecule has 1 aromatic carbocycles. The third-order valence-corrected chi connectivity index (χ3v) is 5.13. The molecule has 0 unspecified atom stereocenters. The maximum Gasteiger partial charge on any atom is 0.269 e. The fraction of sp³-hybridized carbons (Fsp3) is 0.562. The maximum atomic E-state index is 12.2. The Bertz CT molecular complexity index is 555. The first-order valence-corrected chi connectivity index (χ1v) is 7.60. The van der Waals surface area contributed by atoms with Gasteiger partial charge in [0.2, 0.25) is 0 Å². The summed E-state index contributed by atoms with van der Waals surface area (Å²) in [5.41, 5.74) is 0.489. The second-order valence-electron chi connectivity index (χ2n) is 6.40. The highest BCUT2D eigenvalue weighted by Gasteiger charge is 2.42. The van der Waals surface area contributed by atoms with Gasteiger partial charge in [-0.25, -0.2) is 0 Å². The third-order valence-electron chi connectivity index (χ3n) is 5.13. The molecule has 1 aromatic rings. The first-order chi connectivity index (χ1) is 10.0. The number of hydrogen-bond donors (Lipinski definition) is 1. The SMILES string of the molecule is C[C@@H](NC(=O)c1ccc([N+](=O)[O-])cc1)[C@H]1C[C@H]2CC[C@H]1C2. The standard InChI is InChI=1S/C16H20N2O3/c1-10(15-9-11-2-3-13(15)8-11)17-16(19)12-4-6-14(7-5-12)18(20)21/h4-7,10-11,13,15H,2-3,8-9H2,1H3,(H,17,19)/t10-,11+,13+,15-/m1/s1. The van der Waals surface area contributed by atoms with Crippen LogP contribution in [0.15, 0.2) is 24.3 Å². The molecular formula is C16H20N2O3. The third kappa shape index (κ3) is 2.77. The summed E-state index contributed by atoms with van der Waals surface area (Å²) in [7, 11) is 0. The lowest BCUT2D eigenvalue weighted by Crippen LogP contribution is -2.40. The topological polar surface area (TPSA) is 72.2 Å². The zero-order valence-corrected chi connectivity index (χ0v) is 12.1. The second-order valence-corrected chi connectivity index (χ2v) is 6.40. The van der Waals surface area contributed by atoms with Crippen LogP contribution in [0, 0.1) is 27.9 Å². The molecule has 0 heterocycles. The summed E-state index contributed by atoms with van der Waals surface area (Å²) in [5, 5.41) is 13.7. The molecule has 4 atom stereocenters. The largest absolute Gasteiger partial charge is 0.349 e. The molecule has 5 nitrogen and oxygen atoms in total. The molecule has 2 aliphatic carbocycles. The van der Waals surface area contributed by atoms with Gasteiger partial charge in [0.1, 0.15) is 0 Å². The molecular weight excluding hydrogens is 268 g/mol. The summed E-state index contributed by atoms with van der Waals surface area (Å²) >= 11 is 0. The molecule has 1 amide bonds. The van der Waals surface area contributed by atoms with Crippen LogP contribution in [0.2, 0.25) is 0 Å². The van der Waals surface area contributed by atoms with Crippen molar-refractivity contribution in [3.63, 3.8) is 0 Å². The van der Waals surface area contributed by atoms with Crippen molar-refractivity contribution in [2.45, 2.75) is 38.6 Å². The highest BCUT2D eigenvalue weighted by atomic mass is 16.6. The molecule has 0 aliphatic heterocycles. The van der Waals surface area contributed by atoms with Gasteiger partial charge in [0.25, 0.3) is 11.6 Å². The number of nitrogens with one attached hydrogen (secondary N) is 1. The van der Waals surface area contributed by atoms with Crippen LogP contribution in [-0.2, 0) is 0 Å². The van der Waals surface area contributed by atoms with E-state index in [1.807, 2.05) is 0 Å². The summed E-state index contributed by atoms with van der Waals surface area (Å²) < 4.78 is 0. The molecule has 0 saturated heterocycles. The highest BCUT2D eigenvalue weighted by molar-refractivity contribution is 5.94. The van der Waals surface area contributed by atoms with Crippen LogP contribution in [-0.4, -0.2) is 16.9 Å². The molecule has 0 aromatic heterocycles. The number of nitrogens with zero attached hydrogens (tertiary/aromatic N) is 1. The number of non-ortho nitro benzene ring substituents is 1. The maximum absolute atomic E-state index is 12.2. The van der Waals surface area contributed by atoms with Crippen LogP contribution in [0.5, 0.6) is 0 Å². The number of nitro groups is 1. The van der Waals surface area contributed by atoms with Crippen LogP contribution < -0.4 is 5.32 Å². The number of hydrogen-bond acceptors (Lipinski definition) is 3. The zero-order chi connectivity index (χ0) is 15.0. The van der Waals surface area contributed by atoms with Gasteiger partial charge in [-0.1, -0.05) is 6.42 Å². The molecule has 3 rings (SSSR count). The molecule has 112 valence electrons. The average molecular weight is 288 g/mol. The highest BCUT2D eigenvalue weighted by Crippen LogP contribution is 2.49. The minimum Gasteiger partial charge on any atom is -0.349 e. The fourth-order valence-corrected chi connectivity index (χ4v) is 4.04. The Labute approximate surface area is 123 Å². The minimum absolute atomic E-state index is 0.00713. The van der Waals surface area contributed by atoms with Gasteiger partial charge >= 0.3 is 0 Å². The van der Waals surface area contributed by atoms with E-state index in [2.05, 4.69) is 12.2 Å². The summed E-state index contributed by atoms with van der Waals surface area (Å²) in [6.45, 7) is 2.08. The van der Waals surface area contributed by atoms with E-state index in [1.165, 1.54) is 49.9 Å². The normalized spacial score (nSPS) is 28.3. The second kappa shape index (κ2) is 5.47. The lowest BCUT2D eigenvalue weighted by Gasteiger charge is -2.28. The molecule has 2 saturated carbocycles. The van der Waals surface area contributed by atoms with Gasteiger partial charge in [0.05, 0.1) is 4.92 Å². The van der Waals surface area contributed by atoms with Gasteiger partial charge in [-0.15, -0.1) is 0 Å². The lowest BCUT2D eigenvalue weighted by molar-refractivity contribution is -0.384. The van der Waals surface area contributed by atoms with E-state index in [0.717, 1.165) is 11.8 Å². The van der Waals surface area contributed by atoms with Crippen LogP contribution in [0.25, 0.3) is 0 Å². The molecule has 2 bridgehead atoms. The molecule has 5 heteroatoms. The van der Waals surface area contributed by atoms with E-state index in [1.54, 1.807) is 0 Å². The first-order valence-electron chi connectivity index (χ1n) is 7.60. The summed E-state index contributed by atoms with van der Waals surface area (Å²) in [6.07, 6.45) is 5.20. The van der Waals surface area contributed by atoms with Crippen molar-refractivity contribution < 1.29 is 9.72 Å².